The number of fused-ring (bicyclic) bond motifs is 1. The van der Waals surface area contributed by atoms with Gasteiger partial charge in [-0.05, 0) is 43.4 Å². The van der Waals surface area contributed by atoms with E-state index in [0.29, 0.717) is 30.4 Å². The molecule has 0 amide bonds. The second-order valence-electron chi connectivity index (χ2n) is 6.95. The van der Waals surface area contributed by atoms with Gasteiger partial charge in [0.05, 0.1) is 12.3 Å². The van der Waals surface area contributed by atoms with Crippen LogP contribution >= 0.6 is 0 Å². The molecule has 1 aliphatic carbocycles. The van der Waals surface area contributed by atoms with E-state index >= 15 is 0 Å². The summed E-state index contributed by atoms with van der Waals surface area (Å²) in [5.41, 5.74) is 2.11. The quantitative estimate of drug-likeness (QED) is 0.673. The zero-order valence-electron chi connectivity index (χ0n) is 15.5. The van der Waals surface area contributed by atoms with Gasteiger partial charge in [-0.15, -0.1) is 5.10 Å². The molecule has 0 atom stereocenters. The Morgan fingerprint density at radius 3 is 2.59 bits per heavy atom. The van der Waals surface area contributed by atoms with Gasteiger partial charge >= 0.3 is 0 Å². The van der Waals surface area contributed by atoms with E-state index in [0.717, 1.165) is 16.8 Å². The molecule has 27 heavy (non-hydrogen) atoms. The van der Waals surface area contributed by atoms with Crippen LogP contribution in [-0.2, 0) is 10.4 Å². The van der Waals surface area contributed by atoms with E-state index in [4.69, 9.17) is 9.47 Å². The molecule has 2 aromatic heterocycles. The zero-order chi connectivity index (χ0) is 19.2. The SMILES string of the molecule is COCCOc1nc2nn(-c3c(C)cc(C4(F)CC4)cc3C)cc2c(=O)[nH]1. The van der Waals surface area contributed by atoms with Crippen molar-refractivity contribution in [1.82, 2.24) is 19.7 Å². The first-order valence-corrected chi connectivity index (χ1v) is 8.84. The molecule has 1 fully saturated rings. The second-order valence-corrected chi connectivity index (χ2v) is 6.95. The molecule has 1 aromatic carbocycles. The van der Waals surface area contributed by atoms with E-state index in [-0.39, 0.29) is 23.8 Å². The Kier molecular flexibility index (Phi) is 4.22. The third-order valence-corrected chi connectivity index (χ3v) is 4.82. The summed E-state index contributed by atoms with van der Waals surface area (Å²) in [5.74, 6) is 0. The summed E-state index contributed by atoms with van der Waals surface area (Å²) in [4.78, 5) is 19.2. The number of alkyl halides is 1. The summed E-state index contributed by atoms with van der Waals surface area (Å²) < 4.78 is 26.3. The van der Waals surface area contributed by atoms with Gasteiger partial charge in [0.15, 0.2) is 5.65 Å². The molecule has 8 heteroatoms. The molecule has 2 heterocycles. The number of aromatic nitrogens is 4. The number of nitrogens with one attached hydrogen (secondary N) is 1. The van der Waals surface area contributed by atoms with Crippen LogP contribution in [0.4, 0.5) is 4.39 Å². The van der Waals surface area contributed by atoms with Crippen LogP contribution in [0.25, 0.3) is 16.7 Å². The number of nitrogens with zero attached hydrogens (tertiary/aromatic N) is 3. The van der Waals surface area contributed by atoms with Crippen LogP contribution in [-0.4, -0.2) is 40.1 Å². The fraction of sp³-hybridized carbons (Fsp3) is 0.421. The number of benzene rings is 1. The van der Waals surface area contributed by atoms with Gasteiger partial charge in [-0.2, -0.15) is 4.98 Å². The highest BCUT2D eigenvalue weighted by Crippen LogP contribution is 2.50. The first-order chi connectivity index (χ1) is 12.9. The highest BCUT2D eigenvalue weighted by atomic mass is 19.1. The lowest BCUT2D eigenvalue weighted by molar-refractivity contribution is 0.141. The minimum atomic E-state index is -1.18. The smallest absolute Gasteiger partial charge is 0.298 e. The minimum absolute atomic E-state index is 0.103. The number of methoxy groups -OCH3 is 1. The Bertz CT molecular complexity index is 1050. The first kappa shape index (κ1) is 17.7. The molecule has 1 N–H and O–H groups in total. The Balaban J connectivity index is 1.74. The Hall–Kier alpha value is -2.74. The van der Waals surface area contributed by atoms with Crippen molar-refractivity contribution in [3.05, 3.63) is 45.4 Å². The van der Waals surface area contributed by atoms with Crippen molar-refractivity contribution < 1.29 is 13.9 Å². The van der Waals surface area contributed by atoms with Gasteiger partial charge in [0, 0.05) is 13.3 Å². The summed E-state index contributed by atoms with van der Waals surface area (Å²) in [6.07, 6.45) is 2.78. The van der Waals surface area contributed by atoms with Crippen LogP contribution in [0.3, 0.4) is 0 Å². The average Bonchev–Trinajstić information content (AvgIpc) is 3.22. The Morgan fingerprint density at radius 1 is 1.26 bits per heavy atom. The van der Waals surface area contributed by atoms with E-state index in [1.165, 1.54) is 0 Å². The van der Waals surface area contributed by atoms with Gasteiger partial charge < -0.3 is 9.47 Å². The summed E-state index contributed by atoms with van der Waals surface area (Å²) >= 11 is 0. The maximum absolute atomic E-state index is 14.4. The molecule has 3 aromatic rings. The van der Waals surface area contributed by atoms with Crippen molar-refractivity contribution in [2.24, 2.45) is 0 Å². The highest BCUT2D eigenvalue weighted by molar-refractivity contribution is 5.74. The molecule has 0 radical (unpaired) electrons. The predicted octanol–water partition coefficient (Wildman–Crippen LogP) is 2.71. The third-order valence-electron chi connectivity index (χ3n) is 4.82. The molecule has 1 aliphatic rings. The number of hydrogen-bond donors (Lipinski definition) is 1. The predicted molar refractivity (Wildman–Crippen MR) is 98.4 cm³/mol. The lowest BCUT2D eigenvalue weighted by Gasteiger charge is -2.14. The summed E-state index contributed by atoms with van der Waals surface area (Å²) in [6.45, 7) is 4.50. The molecule has 0 spiro atoms. The van der Waals surface area contributed by atoms with Gasteiger partial charge in [-0.3, -0.25) is 9.78 Å². The van der Waals surface area contributed by atoms with E-state index in [2.05, 4.69) is 15.1 Å². The average molecular weight is 372 g/mol. The molecule has 0 bridgehead atoms. The van der Waals surface area contributed by atoms with Crippen molar-refractivity contribution in [3.63, 3.8) is 0 Å². The van der Waals surface area contributed by atoms with E-state index in [9.17, 15) is 9.18 Å². The topological polar surface area (TPSA) is 82.0 Å². The van der Waals surface area contributed by atoms with Crippen molar-refractivity contribution in [1.29, 1.82) is 0 Å². The summed E-state index contributed by atoms with van der Waals surface area (Å²) in [5, 5.41) is 4.80. The molecule has 1 saturated carbocycles. The largest absolute Gasteiger partial charge is 0.462 e. The van der Waals surface area contributed by atoms with Crippen molar-refractivity contribution in [2.75, 3.05) is 20.3 Å². The third kappa shape index (κ3) is 3.21. The van der Waals surface area contributed by atoms with Crippen LogP contribution in [0.5, 0.6) is 6.01 Å². The molecule has 0 aliphatic heterocycles. The van der Waals surface area contributed by atoms with Gasteiger partial charge in [0.2, 0.25) is 0 Å². The number of rotatable bonds is 6. The molecule has 0 unspecified atom stereocenters. The molecular weight excluding hydrogens is 351 g/mol. The normalized spacial score (nSPS) is 15.3. The highest BCUT2D eigenvalue weighted by Gasteiger charge is 2.45. The van der Waals surface area contributed by atoms with Crippen molar-refractivity contribution >= 4 is 11.0 Å². The maximum Gasteiger partial charge on any atom is 0.298 e. The van der Waals surface area contributed by atoms with E-state index in [1.54, 1.807) is 18.0 Å². The monoisotopic (exact) mass is 372 g/mol. The van der Waals surface area contributed by atoms with Crippen LogP contribution < -0.4 is 10.3 Å². The number of hydrogen-bond acceptors (Lipinski definition) is 5. The standard InChI is InChI=1S/C19H21FN4O3/c1-11-8-13(19(20)4-5-19)9-12(2)15(11)24-10-14-16(23-24)21-18(22-17(14)25)27-7-6-26-3/h8-10H,4-7H2,1-3H3,(H,21,22,23,25). The van der Waals surface area contributed by atoms with Gasteiger partial charge in [-0.1, -0.05) is 12.1 Å². The zero-order valence-corrected chi connectivity index (χ0v) is 15.5. The number of aromatic amines is 1. The van der Waals surface area contributed by atoms with Crippen LogP contribution in [0.2, 0.25) is 0 Å². The summed E-state index contributed by atoms with van der Waals surface area (Å²) in [7, 11) is 1.56. The number of ether oxygens (including phenoxy) is 2. The molecule has 4 rings (SSSR count). The van der Waals surface area contributed by atoms with Gasteiger partial charge in [0.25, 0.3) is 11.6 Å². The minimum Gasteiger partial charge on any atom is -0.462 e. The molecular formula is C19H21FN4O3. The molecule has 0 saturated heterocycles. The van der Waals surface area contributed by atoms with Crippen molar-refractivity contribution in [3.8, 4) is 11.7 Å². The number of aryl methyl sites for hydroxylation is 2. The van der Waals surface area contributed by atoms with Crippen LogP contribution in [0.1, 0.15) is 29.5 Å². The van der Waals surface area contributed by atoms with Crippen LogP contribution in [0.15, 0.2) is 23.1 Å². The lowest BCUT2D eigenvalue weighted by Crippen LogP contribution is -2.12. The molecule has 7 nitrogen and oxygen atoms in total. The van der Waals surface area contributed by atoms with E-state index < -0.39 is 5.67 Å². The fourth-order valence-electron chi connectivity index (χ4n) is 3.28. The maximum atomic E-state index is 14.4. The van der Waals surface area contributed by atoms with Crippen LogP contribution in [0, 0.1) is 13.8 Å². The Labute approximate surface area is 155 Å². The van der Waals surface area contributed by atoms with Gasteiger partial charge in [0.1, 0.15) is 17.7 Å². The fourth-order valence-corrected chi connectivity index (χ4v) is 3.28. The first-order valence-electron chi connectivity index (χ1n) is 8.84. The number of H-pyrrole nitrogens is 1. The van der Waals surface area contributed by atoms with E-state index in [1.807, 2.05) is 26.0 Å². The Morgan fingerprint density at radius 2 is 1.96 bits per heavy atom. The lowest BCUT2D eigenvalue weighted by atomic mass is 10.0. The number of halogens is 1. The summed E-state index contributed by atoms with van der Waals surface area (Å²) in [6, 6.07) is 3.82. The molecule has 142 valence electrons. The van der Waals surface area contributed by atoms with Gasteiger partial charge in [-0.25, -0.2) is 9.07 Å². The second kappa shape index (κ2) is 6.45. The van der Waals surface area contributed by atoms with Crippen molar-refractivity contribution in [2.45, 2.75) is 32.4 Å².